The highest BCUT2D eigenvalue weighted by atomic mass is 16.2. The van der Waals surface area contributed by atoms with Crippen LogP contribution in [0.5, 0.6) is 0 Å². The number of aryl methyl sites for hydroxylation is 1. The summed E-state index contributed by atoms with van der Waals surface area (Å²) in [5.74, 6) is -0.347. The number of nitrogens with zero attached hydrogens (tertiary/aromatic N) is 2. The zero-order chi connectivity index (χ0) is 20.9. The van der Waals surface area contributed by atoms with E-state index in [1.54, 1.807) is 24.3 Å². The molecule has 6 nitrogen and oxygen atoms in total. The number of nitrogens with one attached hydrogen (secondary N) is 2. The number of carbonyl (C=O) groups is 1. The molecule has 0 radical (unpaired) electrons. The fourth-order valence-electron chi connectivity index (χ4n) is 3.21. The van der Waals surface area contributed by atoms with Gasteiger partial charge in [0.15, 0.2) is 0 Å². The number of hydrazone groups is 1. The summed E-state index contributed by atoms with van der Waals surface area (Å²) in [4.78, 5) is 25.8. The van der Waals surface area contributed by atoms with E-state index in [0.717, 1.165) is 11.3 Å². The van der Waals surface area contributed by atoms with Crippen molar-refractivity contribution in [1.29, 1.82) is 0 Å². The van der Waals surface area contributed by atoms with Gasteiger partial charge >= 0.3 is 0 Å². The highest BCUT2D eigenvalue weighted by Crippen LogP contribution is 2.13. The van der Waals surface area contributed by atoms with E-state index in [1.165, 1.54) is 4.68 Å². The monoisotopic (exact) mass is 396 g/mol. The van der Waals surface area contributed by atoms with Crippen LogP contribution in [0.1, 0.15) is 27.2 Å². The molecule has 0 unspecified atom stereocenters. The highest BCUT2D eigenvalue weighted by Gasteiger charge is 2.20. The zero-order valence-electron chi connectivity index (χ0n) is 16.4. The SMILES string of the molecule is Cc1[nH]n(-c2ccccc2)c(=O)c1/C(=N\NC(=O)c1ccccc1)c1ccccc1. The molecule has 4 rings (SSSR count). The number of carbonyl (C=O) groups excluding carboxylic acids is 1. The summed E-state index contributed by atoms with van der Waals surface area (Å²) in [6.45, 7) is 1.81. The first-order valence-corrected chi connectivity index (χ1v) is 9.51. The van der Waals surface area contributed by atoms with E-state index < -0.39 is 0 Å². The Hall–Kier alpha value is -4.19. The first-order chi connectivity index (χ1) is 14.6. The lowest BCUT2D eigenvalue weighted by Gasteiger charge is -2.06. The third-order valence-corrected chi connectivity index (χ3v) is 4.68. The van der Waals surface area contributed by atoms with Crippen LogP contribution in [0.25, 0.3) is 5.69 Å². The Morgan fingerprint density at radius 3 is 1.97 bits per heavy atom. The van der Waals surface area contributed by atoms with Crippen molar-refractivity contribution in [3.8, 4) is 5.69 Å². The molecule has 3 aromatic carbocycles. The van der Waals surface area contributed by atoms with E-state index in [0.29, 0.717) is 22.5 Å². The molecule has 0 bridgehead atoms. The predicted octanol–water partition coefficient (Wildman–Crippen LogP) is 3.66. The summed E-state index contributed by atoms with van der Waals surface area (Å²) >= 11 is 0. The van der Waals surface area contributed by atoms with Crippen LogP contribution in [0.4, 0.5) is 0 Å². The Morgan fingerprint density at radius 2 is 1.37 bits per heavy atom. The van der Waals surface area contributed by atoms with Crippen LogP contribution in [0, 0.1) is 6.92 Å². The first-order valence-electron chi connectivity index (χ1n) is 9.51. The maximum atomic E-state index is 13.3. The van der Waals surface area contributed by atoms with Gasteiger partial charge in [0.25, 0.3) is 11.5 Å². The number of para-hydroxylation sites is 1. The second kappa shape index (κ2) is 8.45. The highest BCUT2D eigenvalue weighted by molar-refractivity contribution is 6.13. The van der Waals surface area contributed by atoms with Gasteiger partial charge in [-0.3, -0.25) is 14.7 Å². The van der Waals surface area contributed by atoms with Crippen molar-refractivity contribution in [1.82, 2.24) is 15.2 Å². The molecule has 4 aromatic rings. The predicted molar refractivity (Wildman–Crippen MR) is 117 cm³/mol. The molecule has 2 N–H and O–H groups in total. The average molecular weight is 396 g/mol. The molecule has 0 aliphatic rings. The molecule has 0 spiro atoms. The second-order valence-corrected chi connectivity index (χ2v) is 6.72. The summed E-state index contributed by atoms with van der Waals surface area (Å²) in [6.07, 6.45) is 0. The van der Waals surface area contributed by atoms with Crippen LogP contribution in [0.3, 0.4) is 0 Å². The van der Waals surface area contributed by atoms with Gasteiger partial charge in [-0.05, 0) is 31.2 Å². The van der Waals surface area contributed by atoms with Crippen LogP contribution >= 0.6 is 0 Å². The summed E-state index contributed by atoms with van der Waals surface area (Å²) < 4.78 is 1.47. The Balaban J connectivity index is 1.79. The molecule has 1 aromatic heterocycles. The summed E-state index contributed by atoms with van der Waals surface area (Å²) in [5, 5.41) is 7.46. The Morgan fingerprint density at radius 1 is 0.833 bits per heavy atom. The Labute approximate surface area is 173 Å². The average Bonchev–Trinajstić information content (AvgIpc) is 3.10. The largest absolute Gasteiger partial charge is 0.295 e. The van der Waals surface area contributed by atoms with Crippen molar-refractivity contribution in [3.05, 3.63) is 124 Å². The van der Waals surface area contributed by atoms with Gasteiger partial charge in [0.05, 0.1) is 11.3 Å². The van der Waals surface area contributed by atoms with Crippen molar-refractivity contribution in [3.63, 3.8) is 0 Å². The third-order valence-electron chi connectivity index (χ3n) is 4.68. The van der Waals surface area contributed by atoms with E-state index in [2.05, 4.69) is 15.6 Å². The smallest absolute Gasteiger partial charge is 0.281 e. The van der Waals surface area contributed by atoms with Gasteiger partial charge in [-0.1, -0.05) is 66.7 Å². The van der Waals surface area contributed by atoms with Gasteiger partial charge in [0.1, 0.15) is 5.71 Å². The minimum absolute atomic E-state index is 0.240. The van der Waals surface area contributed by atoms with Gasteiger partial charge < -0.3 is 0 Å². The van der Waals surface area contributed by atoms with Gasteiger partial charge in [0.2, 0.25) is 0 Å². The molecule has 1 heterocycles. The normalized spacial score (nSPS) is 11.3. The molecular formula is C24H20N4O2. The molecule has 0 atom stereocenters. The molecule has 148 valence electrons. The Bertz CT molecular complexity index is 1240. The van der Waals surface area contributed by atoms with Crippen molar-refractivity contribution in [2.75, 3.05) is 0 Å². The molecule has 30 heavy (non-hydrogen) atoms. The van der Waals surface area contributed by atoms with Crippen LogP contribution in [0.2, 0.25) is 0 Å². The van der Waals surface area contributed by atoms with Crippen LogP contribution in [0.15, 0.2) is 101 Å². The maximum Gasteiger partial charge on any atom is 0.281 e. The topological polar surface area (TPSA) is 79.2 Å². The molecule has 0 fully saturated rings. The number of amides is 1. The first kappa shape index (κ1) is 19.1. The van der Waals surface area contributed by atoms with Gasteiger partial charge in [0, 0.05) is 16.8 Å². The number of hydrogen-bond acceptors (Lipinski definition) is 3. The van der Waals surface area contributed by atoms with Crippen molar-refractivity contribution in [2.24, 2.45) is 5.10 Å². The molecule has 0 aliphatic carbocycles. The van der Waals surface area contributed by atoms with Gasteiger partial charge in [-0.15, -0.1) is 0 Å². The number of aromatic amines is 1. The second-order valence-electron chi connectivity index (χ2n) is 6.72. The summed E-state index contributed by atoms with van der Waals surface area (Å²) in [6, 6.07) is 27.4. The lowest BCUT2D eigenvalue weighted by atomic mass is 10.0. The van der Waals surface area contributed by atoms with E-state index in [4.69, 9.17) is 0 Å². The van der Waals surface area contributed by atoms with E-state index in [9.17, 15) is 9.59 Å². The fourth-order valence-corrected chi connectivity index (χ4v) is 3.21. The van der Waals surface area contributed by atoms with E-state index in [1.807, 2.05) is 73.7 Å². The van der Waals surface area contributed by atoms with Crippen LogP contribution < -0.4 is 11.0 Å². The van der Waals surface area contributed by atoms with E-state index >= 15 is 0 Å². The Kier molecular flexibility index (Phi) is 5.39. The number of H-pyrrole nitrogens is 1. The number of rotatable bonds is 5. The van der Waals surface area contributed by atoms with Gasteiger partial charge in [-0.25, -0.2) is 10.1 Å². The molecule has 6 heteroatoms. The lowest BCUT2D eigenvalue weighted by Crippen LogP contribution is -2.25. The maximum absolute atomic E-state index is 13.3. The van der Waals surface area contributed by atoms with E-state index in [-0.39, 0.29) is 11.5 Å². The summed E-state index contributed by atoms with van der Waals surface area (Å²) in [7, 11) is 0. The van der Waals surface area contributed by atoms with Crippen LogP contribution in [-0.2, 0) is 0 Å². The molecular weight excluding hydrogens is 376 g/mol. The van der Waals surface area contributed by atoms with Crippen LogP contribution in [-0.4, -0.2) is 21.4 Å². The summed E-state index contributed by atoms with van der Waals surface area (Å²) in [5.41, 5.74) is 5.73. The fraction of sp³-hybridized carbons (Fsp3) is 0.0417. The quantitative estimate of drug-likeness (QED) is 0.399. The molecule has 0 saturated heterocycles. The van der Waals surface area contributed by atoms with Gasteiger partial charge in [-0.2, -0.15) is 5.10 Å². The van der Waals surface area contributed by atoms with Crippen molar-refractivity contribution >= 4 is 11.6 Å². The third kappa shape index (κ3) is 3.84. The molecule has 0 saturated carbocycles. The minimum Gasteiger partial charge on any atom is -0.295 e. The number of benzene rings is 3. The number of hydrogen-bond donors (Lipinski definition) is 2. The minimum atomic E-state index is -0.347. The van der Waals surface area contributed by atoms with Crippen molar-refractivity contribution in [2.45, 2.75) is 6.92 Å². The molecule has 0 aliphatic heterocycles. The van der Waals surface area contributed by atoms with Crippen molar-refractivity contribution < 1.29 is 4.79 Å². The zero-order valence-corrected chi connectivity index (χ0v) is 16.4. The molecule has 1 amide bonds. The standard InChI is InChI=1S/C24H20N4O2/c1-17-21(24(30)28(27-17)20-15-9-4-10-16-20)22(18-11-5-2-6-12-18)25-26-23(29)19-13-7-3-8-14-19/h2-16,27H,1H3,(H,26,29)/b25-22-. The number of aromatic nitrogens is 2. The lowest BCUT2D eigenvalue weighted by molar-refractivity contribution is 0.0955.